The first kappa shape index (κ1) is 16.7. The third-order valence-corrected chi connectivity index (χ3v) is 6.29. The van der Waals surface area contributed by atoms with Gasteiger partial charge in [-0.1, -0.05) is 18.2 Å². The number of sulfonamides is 1. The Morgan fingerprint density at radius 3 is 2.58 bits per heavy atom. The molecule has 1 amide bonds. The molecule has 0 radical (unpaired) electrons. The van der Waals surface area contributed by atoms with Crippen LogP contribution in [-0.4, -0.2) is 48.2 Å². The first-order chi connectivity index (χ1) is 11.4. The Morgan fingerprint density at radius 1 is 1.17 bits per heavy atom. The number of hydrogen-bond acceptors (Lipinski definition) is 3. The molecule has 1 aromatic heterocycles. The zero-order valence-electron chi connectivity index (χ0n) is 13.8. The minimum Gasteiger partial charge on any atom is -0.348 e. The molecule has 0 saturated carbocycles. The molecule has 0 bridgehead atoms. The molecule has 1 atom stereocenters. The van der Waals surface area contributed by atoms with E-state index in [2.05, 4.69) is 4.57 Å². The predicted octanol–water partition coefficient (Wildman–Crippen LogP) is 1.71. The molecule has 128 valence electrons. The standard InChI is InChI=1S/C17H21N3O3S/c1-14-16-9-6-10-19(16)11-12-20(14)17(21)13-18(2)24(22,23)15-7-4-3-5-8-15/h3-10,14H,11-13H2,1-2H3. The summed E-state index contributed by atoms with van der Waals surface area (Å²) in [7, 11) is -2.22. The van der Waals surface area contributed by atoms with Crippen molar-refractivity contribution < 1.29 is 13.2 Å². The van der Waals surface area contributed by atoms with Crippen molar-refractivity contribution in [2.24, 2.45) is 0 Å². The van der Waals surface area contributed by atoms with Crippen LogP contribution in [-0.2, 0) is 21.4 Å². The Hall–Kier alpha value is -2.12. The Bertz CT molecular complexity index is 830. The van der Waals surface area contributed by atoms with Crippen molar-refractivity contribution >= 4 is 15.9 Å². The van der Waals surface area contributed by atoms with Gasteiger partial charge in [-0.15, -0.1) is 0 Å². The lowest BCUT2D eigenvalue weighted by Gasteiger charge is -2.35. The fourth-order valence-electron chi connectivity index (χ4n) is 3.06. The Labute approximate surface area is 142 Å². The molecular formula is C17H21N3O3S. The van der Waals surface area contributed by atoms with Crippen LogP contribution in [0.2, 0.25) is 0 Å². The van der Waals surface area contributed by atoms with Gasteiger partial charge in [0, 0.05) is 32.0 Å². The number of hydrogen-bond donors (Lipinski definition) is 0. The van der Waals surface area contributed by atoms with E-state index in [1.165, 1.54) is 19.2 Å². The van der Waals surface area contributed by atoms with Crippen molar-refractivity contribution in [3.8, 4) is 0 Å². The number of aromatic nitrogens is 1. The van der Waals surface area contributed by atoms with Crippen molar-refractivity contribution in [2.75, 3.05) is 20.1 Å². The zero-order valence-corrected chi connectivity index (χ0v) is 14.6. The summed E-state index contributed by atoms with van der Waals surface area (Å²) in [5.41, 5.74) is 1.07. The predicted molar refractivity (Wildman–Crippen MR) is 90.8 cm³/mol. The second-order valence-corrected chi connectivity index (χ2v) is 8.01. The maximum absolute atomic E-state index is 12.6. The van der Waals surface area contributed by atoms with Crippen molar-refractivity contribution in [1.82, 2.24) is 13.8 Å². The Balaban J connectivity index is 1.73. The quantitative estimate of drug-likeness (QED) is 0.846. The summed E-state index contributed by atoms with van der Waals surface area (Å²) in [6, 6.07) is 12.1. The van der Waals surface area contributed by atoms with Crippen molar-refractivity contribution in [3.05, 3.63) is 54.4 Å². The lowest BCUT2D eigenvalue weighted by molar-refractivity contribution is -0.134. The molecule has 6 nitrogen and oxygen atoms in total. The van der Waals surface area contributed by atoms with Gasteiger partial charge in [0.25, 0.3) is 0 Å². The molecule has 1 aromatic carbocycles. The van der Waals surface area contributed by atoms with Crippen LogP contribution in [0.15, 0.2) is 53.6 Å². The van der Waals surface area contributed by atoms with Gasteiger partial charge in [-0.25, -0.2) is 8.42 Å². The summed E-state index contributed by atoms with van der Waals surface area (Å²) >= 11 is 0. The molecular weight excluding hydrogens is 326 g/mol. The maximum atomic E-state index is 12.6. The normalized spacial score (nSPS) is 17.8. The van der Waals surface area contributed by atoms with Crippen LogP contribution in [0.1, 0.15) is 18.7 Å². The van der Waals surface area contributed by atoms with E-state index in [0.29, 0.717) is 6.54 Å². The lowest BCUT2D eigenvalue weighted by atomic mass is 10.1. The van der Waals surface area contributed by atoms with Gasteiger partial charge < -0.3 is 9.47 Å². The average Bonchev–Trinajstić information content (AvgIpc) is 3.05. The molecule has 0 N–H and O–H groups in total. The summed E-state index contributed by atoms with van der Waals surface area (Å²) in [5, 5.41) is 0. The highest BCUT2D eigenvalue weighted by Gasteiger charge is 2.30. The van der Waals surface area contributed by atoms with Gasteiger partial charge in [0.1, 0.15) is 0 Å². The number of carbonyl (C=O) groups excluding carboxylic acids is 1. The van der Waals surface area contributed by atoms with E-state index in [1.54, 1.807) is 23.1 Å². The molecule has 0 aliphatic carbocycles. The van der Waals surface area contributed by atoms with Gasteiger partial charge in [-0.05, 0) is 31.2 Å². The van der Waals surface area contributed by atoms with Gasteiger partial charge in [0.2, 0.25) is 15.9 Å². The smallest absolute Gasteiger partial charge is 0.243 e. The third-order valence-electron chi connectivity index (χ3n) is 4.47. The molecule has 0 spiro atoms. The summed E-state index contributed by atoms with van der Waals surface area (Å²) < 4.78 is 28.3. The molecule has 24 heavy (non-hydrogen) atoms. The number of likely N-dealkylation sites (N-methyl/N-ethyl adjacent to an activating group) is 1. The first-order valence-corrected chi connectivity index (χ1v) is 9.31. The SMILES string of the molecule is CC1c2cccn2CCN1C(=O)CN(C)S(=O)(=O)c1ccccc1. The summed E-state index contributed by atoms with van der Waals surface area (Å²) in [5.74, 6) is -0.183. The van der Waals surface area contributed by atoms with E-state index in [-0.39, 0.29) is 23.4 Å². The highest BCUT2D eigenvalue weighted by Crippen LogP contribution is 2.25. The molecule has 0 saturated heterocycles. The van der Waals surface area contributed by atoms with E-state index in [1.807, 2.05) is 25.3 Å². The number of fused-ring (bicyclic) bond motifs is 1. The summed E-state index contributed by atoms with van der Waals surface area (Å²) in [6.45, 7) is 3.12. The number of nitrogens with zero attached hydrogens (tertiary/aromatic N) is 3. The highest BCUT2D eigenvalue weighted by atomic mass is 32.2. The minimum absolute atomic E-state index is 0.0610. The molecule has 1 unspecified atom stereocenters. The molecule has 2 aromatic rings. The van der Waals surface area contributed by atoms with Gasteiger partial charge in [-0.3, -0.25) is 4.79 Å². The van der Waals surface area contributed by atoms with E-state index >= 15 is 0 Å². The topological polar surface area (TPSA) is 62.6 Å². The van der Waals surface area contributed by atoms with Crippen LogP contribution < -0.4 is 0 Å². The number of benzene rings is 1. The largest absolute Gasteiger partial charge is 0.348 e. The first-order valence-electron chi connectivity index (χ1n) is 7.87. The monoisotopic (exact) mass is 347 g/mol. The van der Waals surface area contributed by atoms with Crippen LogP contribution in [0.3, 0.4) is 0 Å². The van der Waals surface area contributed by atoms with Gasteiger partial charge in [-0.2, -0.15) is 4.31 Å². The molecule has 1 aliphatic heterocycles. The van der Waals surface area contributed by atoms with Crippen LogP contribution in [0.5, 0.6) is 0 Å². The van der Waals surface area contributed by atoms with Crippen molar-refractivity contribution in [2.45, 2.75) is 24.4 Å². The van der Waals surface area contributed by atoms with E-state index in [4.69, 9.17) is 0 Å². The Kier molecular flexibility index (Phi) is 4.47. The van der Waals surface area contributed by atoms with Crippen molar-refractivity contribution in [3.63, 3.8) is 0 Å². The fourth-order valence-corrected chi connectivity index (χ4v) is 4.20. The van der Waals surface area contributed by atoms with E-state index in [0.717, 1.165) is 16.5 Å². The molecule has 1 aliphatic rings. The highest BCUT2D eigenvalue weighted by molar-refractivity contribution is 7.89. The van der Waals surface area contributed by atoms with Crippen LogP contribution in [0.4, 0.5) is 0 Å². The number of carbonyl (C=O) groups is 1. The third kappa shape index (κ3) is 2.97. The zero-order chi connectivity index (χ0) is 17.3. The number of rotatable bonds is 4. The summed E-state index contributed by atoms with van der Waals surface area (Å²) in [4.78, 5) is 14.6. The molecule has 2 heterocycles. The fraction of sp³-hybridized carbons (Fsp3) is 0.353. The lowest BCUT2D eigenvalue weighted by Crippen LogP contribution is -2.45. The number of amides is 1. The van der Waals surface area contributed by atoms with Crippen LogP contribution in [0, 0.1) is 0 Å². The maximum Gasteiger partial charge on any atom is 0.243 e. The van der Waals surface area contributed by atoms with E-state index < -0.39 is 10.0 Å². The molecule has 3 rings (SSSR count). The molecule has 0 fully saturated rings. The second kappa shape index (κ2) is 6.41. The van der Waals surface area contributed by atoms with Crippen molar-refractivity contribution in [1.29, 1.82) is 0 Å². The summed E-state index contributed by atoms with van der Waals surface area (Å²) in [6.07, 6.45) is 2.00. The second-order valence-electron chi connectivity index (χ2n) is 5.96. The van der Waals surface area contributed by atoms with Crippen LogP contribution in [0.25, 0.3) is 0 Å². The molecule has 7 heteroatoms. The average molecular weight is 347 g/mol. The Morgan fingerprint density at radius 2 is 1.88 bits per heavy atom. The van der Waals surface area contributed by atoms with E-state index in [9.17, 15) is 13.2 Å². The van der Waals surface area contributed by atoms with Gasteiger partial charge >= 0.3 is 0 Å². The van der Waals surface area contributed by atoms with Gasteiger partial charge in [0.15, 0.2) is 0 Å². The van der Waals surface area contributed by atoms with Gasteiger partial charge in [0.05, 0.1) is 17.5 Å². The minimum atomic E-state index is -3.66. The van der Waals surface area contributed by atoms with Crippen LogP contribution >= 0.6 is 0 Å².